The van der Waals surface area contributed by atoms with Crippen LogP contribution in [-0.4, -0.2) is 44.1 Å². The number of aryl methyl sites for hydroxylation is 1. The predicted molar refractivity (Wildman–Crippen MR) is 68.8 cm³/mol. The molecule has 1 aromatic heterocycles. The van der Waals surface area contributed by atoms with Crippen molar-refractivity contribution in [3.05, 3.63) is 32.6 Å². The molecule has 0 aromatic carbocycles. The third-order valence-electron chi connectivity index (χ3n) is 3.24. The summed E-state index contributed by atoms with van der Waals surface area (Å²) in [5.74, 6) is 2.08. The van der Waals surface area contributed by atoms with Crippen LogP contribution in [0.4, 0.5) is 0 Å². The predicted octanol–water partition coefficient (Wildman–Crippen LogP) is -2.57. The van der Waals surface area contributed by atoms with Crippen molar-refractivity contribution in [1.82, 2.24) is 9.55 Å². The number of aliphatic hydroxyl groups excluding tert-OH is 1. The number of nitrogens with one attached hydrogen (secondary N) is 1. The van der Waals surface area contributed by atoms with Gasteiger partial charge in [-0.05, 0) is 6.92 Å². The minimum absolute atomic E-state index is 0.148. The Hall–Kier alpha value is -1.92. The van der Waals surface area contributed by atoms with Gasteiger partial charge in [0.15, 0.2) is 11.8 Å². The average Bonchev–Trinajstić information content (AvgIpc) is 2.63. The lowest BCUT2D eigenvalue weighted by Gasteiger charge is -2.28. The van der Waals surface area contributed by atoms with E-state index in [1.807, 2.05) is 4.98 Å². The van der Waals surface area contributed by atoms with Gasteiger partial charge in [0.25, 0.3) is 5.56 Å². The summed E-state index contributed by atoms with van der Waals surface area (Å²) in [5, 5.41) is 19.6. The van der Waals surface area contributed by atoms with Crippen LogP contribution in [0.5, 0.6) is 0 Å². The van der Waals surface area contributed by atoms with Crippen LogP contribution in [0, 0.1) is 19.3 Å². The third kappa shape index (κ3) is 1.97. The van der Waals surface area contributed by atoms with Crippen LogP contribution in [0.2, 0.25) is 0 Å². The zero-order chi connectivity index (χ0) is 16.9. The lowest BCUT2D eigenvalue weighted by atomic mass is 9.92. The number of aromatic amines is 1. The number of nitrogens with two attached hydrogens (primary N) is 1. The summed E-state index contributed by atoms with van der Waals surface area (Å²) in [7, 11) is 0. The van der Waals surface area contributed by atoms with Gasteiger partial charge in [-0.1, -0.05) is 5.92 Å². The van der Waals surface area contributed by atoms with Crippen molar-refractivity contribution < 1.29 is 17.7 Å². The Bertz CT molecular complexity index is 747. The molecule has 0 amide bonds. The second-order valence-electron chi connectivity index (χ2n) is 4.51. The minimum atomic E-state index is -2.94. The number of rotatable bonds is 2. The van der Waals surface area contributed by atoms with Gasteiger partial charge in [0.1, 0.15) is 12.2 Å². The lowest BCUT2D eigenvalue weighted by Crippen LogP contribution is -2.55. The molecule has 5 N–H and O–H groups in total. The summed E-state index contributed by atoms with van der Waals surface area (Å²) >= 11 is 0. The molecule has 8 nitrogen and oxygen atoms in total. The molecular formula is C12H15N3O5. The molecule has 8 heteroatoms. The first-order valence-corrected chi connectivity index (χ1v) is 5.67. The molecule has 2 rings (SSSR count). The second kappa shape index (κ2) is 4.88. The highest BCUT2D eigenvalue weighted by molar-refractivity contribution is 5.23. The molecule has 1 saturated heterocycles. The number of hydrogen-bond acceptors (Lipinski definition) is 6. The van der Waals surface area contributed by atoms with Crippen molar-refractivity contribution in [2.75, 3.05) is 6.56 Å². The fraction of sp³-hybridized carbons (Fsp3) is 0.500. The van der Waals surface area contributed by atoms with E-state index in [-0.39, 0.29) is 5.69 Å². The van der Waals surface area contributed by atoms with E-state index in [9.17, 15) is 19.8 Å². The maximum atomic E-state index is 12.0. The lowest BCUT2D eigenvalue weighted by molar-refractivity contribution is -0.0484. The van der Waals surface area contributed by atoms with E-state index in [2.05, 4.69) is 5.92 Å². The van der Waals surface area contributed by atoms with Crippen molar-refractivity contribution in [2.24, 2.45) is 5.73 Å². The van der Waals surface area contributed by atoms with E-state index < -0.39 is 41.8 Å². The van der Waals surface area contributed by atoms with Gasteiger partial charge in [0.2, 0.25) is 0 Å². The molecule has 0 saturated carbocycles. The molecule has 1 aromatic rings. The number of hydrogen-bond donors (Lipinski definition) is 4. The summed E-state index contributed by atoms with van der Waals surface area (Å²) in [6, 6.07) is 1.09. The standard InChI is InChI=1S/C12H15N3O5/c1-3-12(13)9(18)7(5-16)20-10(12)15-6(2)4-8(17)14-11(15)19/h1,4,7,9-10,16,18H,5,13H2,2H3,(H,14,17,19)/t7-,9+,10-,12?/m1/s1/i5D2. The smallest absolute Gasteiger partial charge is 0.330 e. The molecule has 1 aliphatic heterocycles. The first-order valence-electron chi connectivity index (χ1n) is 6.67. The normalized spacial score (nSPS) is 35.2. The molecule has 0 aliphatic carbocycles. The van der Waals surface area contributed by atoms with Gasteiger partial charge in [0.05, 0.1) is 9.30 Å². The van der Waals surface area contributed by atoms with E-state index in [1.54, 1.807) is 0 Å². The van der Waals surface area contributed by atoms with Crippen LogP contribution in [0.25, 0.3) is 0 Å². The SMILES string of the molecule is [2H]C([2H])(O)[C@H]1O[C@@H](n2c(C)cc(=O)[nH]c2=O)C(N)(C#C)[C@H]1O. The van der Waals surface area contributed by atoms with Gasteiger partial charge in [0, 0.05) is 11.8 Å². The highest BCUT2D eigenvalue weighted by Gasteiger charge is 2.54. The van der Waals surface area contributed by atoms with E-state index in [0.29, 0.717) is 0 Å². The molecule has 0 spiro atoms. The molecule has 0 bridgehead atoms. The van der Waals surface area contributed by atoms with E-state index in [0.717, 1.165) is 10.6 Å². The van der Waals surface area contributed by atoms with Crippen LogP contribution < -0.4 is 17.0 Å². The summed E-state index contributed by atoms with van der Waals surface area (Å²) in [5.41, 5.74) is 2.54. The summed E-state index contributed by atoms with van der Waals surface area (Å²) in [6.07, 6.45) is 0.303. The summed E-state index contributed by atoms with van der Waals surface area (Å²) in [4.78, 5) is 25.2. The maximum absolute atomic E-state index is 12.0. The van der Waals surface area contributed by atoms with Crippen LogP contribution in [-0.2, 0) is 4.74 Å². The van der Waals surface area contributed by atoms with Crippen molar-refractivity contribution in [3.8, 4) is 12.3 Å². The Morgan fingerprint density at radius 3 is 2.90 bits per heavy atom. The van der Waals surface area contributed by atoms with Crippen molar-refractivity contribution in [1.29, 1.82) is 0 Å². The largest absolute Gasteiger partial charge is 0.394 e. The van der Waals surface area contributed by atoms with Gasteiger partial charge in [-0.15, -0.1) is 6.42 Å². The van der Waals surface area contributed by atoms with E-state index in [1.165, 1.54) is 6.92 Å². The molecule has 108 valence electrons. The van der Waals surface area contributed by atoms with Gasteiger partial charge in [-0.2, -0.15) is 0 Å². The van der Waals surface area contributed by atoms with Gasteiger partial charge >= 0.3 is 5.69 Å². The molecule has 4 atom stereocenters. The van der Waals surface area contributed by atoms with Gasteiger partial charge < -0.3 is 20.7 Å². The van der Waals surface area contributed by atoms with Crippen molar-refractivity contribution >= 4 is 0 Å². The number of H-pyrrole nitrogens is 1. The Morgan fingerprint density at radius 2 is 2.40 bits per heavy atom. The molecule has 1 unspecified atom stereocenters. The quantitative estimate of drug-likeness (QED) is 0.441. The average molecular weight is 283 g/mol. The molecule has 1 fully saturated rings. The highest BCUT2D eigenvalue weighted by Crippen LogP contribution is 2.35. The number of aliphatic hydroxyl groups is 2. The summed E-state index contributed by atoms with van der Waals surface area (Å²) < 4.78 is 20.7. The number of ether oxygens (including phenoxy) is 1. The summed E-state index contributed by atoms with van der Waals surface area (Å²) in [6.45, 7) is -1.51. The Kier molecular flexibility index (Phi) is 2.90. The first-order chi connectivity index (χ1) is 10.0. The van der Waals surface area contributed by atoms with Gasteiger partial charge in [-0.25, -0.2) is 4.79 Å². The zero-order valence-corrected chi connectivity index (χ0v) is 10.5. The zero-order valence-electron chi connectivity index (χ0n) is 12.5. The van der Waals surface area contributed by atoms with Crippen LogP contribution >= 0.6 is 0 Å². The minimum Gasteiger partial charge on any atom is -0.394 e. The number of nitrogens with zero attached hydrogens (tertiary/aromatic N) is 1. The molecule has 2 heterocycles. The van der Waals surface area contributed by atoms with Crippen LogP contribution in [0.3, 0.4) is 0 Å². The fourth-order valence-electron chi connectivity index (χ4n) is 2.17. The monoisotopic (exact) mass is 283 g/mol. The highest BCUT2D eigenvalue weighted by atomic mass is 16.5. The molecule has 20 heavy (non-hydrogen) atoms. The molecule has 1 aliphatic rings. The molecular weight excluding hydrogens is 266 g/mol. The topological polar surface area (TPSA) is 131 Å². The van der Waals surface area contributed by atoms with Crippen LogP contribution in [0.1, 0.15) is 14.7 Å². The Labute approximate surface area is 116 Å². The fourth-order valence-corrected chi connectivity index (χ4v) is 2.17. The second-order valence-corrected chi connectivity index (χ2v) is 4.51. The first kappa shape index (κ1) is 11.9. The van der Waals surface area contributed by atoms with Crippen molar-refractivity contribution in [2.45, 2.75) is 30.9 Å². The van der Waals surface area contributed by atoms with Crippen LogP contribution in [0.15, 0.2) is 15.7 Å². The number of aromatic nitrogens is 2. The molecule has 0 radical (unpaired) electrons. The van der Waals surface area contributed by atoms with Crippen molar-refractivity contribution in [3.63, 3.8) is 0 Å². The maximum Gasteiger partial charge on any atom is 0.330 e. The Balaban J connectivity index is 2.63. The van der Waals surface area contributed by atoms with E-state index in [4.69, 9.17) is 19.6 Å². The van der Waals surface area contributed by atoms with Gasteiger partial charge in [-0.3, -0.25) is 14.3 Å². The number of terminal acetylenes is 1. The third-order valence-corrected chi connectivity index (χ3v) is 3.24. The Morgan fingerprint density at radius 1 is 1.75 bits per heavy atom. The van der Waals surface area contributed by atoms with E-state index >= 15 is 0 Å².